The maximum Gasteiger partial charge on any atom is 0.417 e. The fourth-order valence-electron chi connectivity index (χ4n) is 2.49. The number of hydrogen-bond donors (Lipinski definition) is 3. The van der Waals surface area contributed by atoms with E-state index in [0.717, 1.165) is 12.1 Å². The molecule has 0 fully saturated rings. The quantitative estimate of drug-likeness (QED) is 0.403. The first-order chi connectivity index (χ1) is 11.8. The molecule has 0 aliphatic heterocycles. The minimum atomic E-state index is -4.75. The summed E-state index contributed by atoms with van der Waals surface area (Å²) < 4.78 is 71.9. The number of carbonyl (C=O) groups excluding carboxylic acids is 1. The van der Waals surface area contributed by atoms with E-state index in [9.17, 15) is 26.4 Å². The van der Waals surface area contributed by atoms with Gasteiger partial charge in [-0.05, 0) is 30.2 Å². The van der Waals surface area contributed by atoms with E-state index >= 15 is 0 Å². The zero-order valence-corrected chi connectivity index (χ0v) is 14.2. The Kier molecular flexibility index (Phi) is 5.01. The molecule has 0 unspecified atom stereocenters. The Hall–Kier alpha value is -2.60. The van der Waals surface area contributed by atoms with Crippen LogP contribution in [0.15, 0.2) is 23.2 Å². The number of halogens is 3. The highest BCUT2D eigenvalue weighted by Crippen LogP contribution is 2.37. The SMILES string of the molecule is Cn1c(C(=O)N=C(N)N)cc2c(C(F)(F)F)cc(CCS(=O)(=O)O)cc21. The van der Waals surface area contributed by atoms with Crippen LogP contribution in [0.3, 0.4) is 0 Å². The lowest BCUT2D eigenvalue weighted by Crippen LogP contribution is -2.24. The fraction of sp³-hybridized carbons (Fsp3) is 0.286. The van der Waals surface area contributed by atoms with Crippen LogP contribution in [-0.2, 0) is 29.8 Å². The minimum Gasteiger partial charge on any atom is -0.370 e. The van der Waals surface area contributed by atoms with E-state index in [1.807, 2.05) is 0 Å². The number of nitrogens with zero attached hydrogens (tertiary/aromatic N) is 2. The zero-order chi connectivity index (χ0) is 19.9. The van der Waals surface area contributed by atoms with Gasteiger partial charge in [0, 0.05) is 18.0 Å². The van der Waals surface area contributed by atoms with E-state index in [1.54, 1.807) is 0 Å². The highest BCUT2D eigenvalue weighted by Gasteiger charge is 2.34. The van der Waals surface area contributed by atoms with E-state index in [2.05, 4.69) is 4.99 Å². The van der Waals surface area contributed by atoms with Gasteiger partial charge in [-0.3, -0.25) is 9.35 Å². The molecule has 8 nitrogen and oxygen atoms in total. The Labute approximate surface area is 146 Å². The molecular weight excluding hydrogens is 377 g/mol. The van der Waals surface area contributed by atoms with Crippen LogP contribution >= 0.6 is 0 Å². The standard InChI is InChI=1S/C14H15F3N4O4S/c1-21-10-5-7(2-3-26(23,24)25)4-9(14(15,16)17)8(10)6-11(21)12(22)20-13(18)19/h4-6H,2-3H2,1H3,(H,23,24,25)(H4,18,19,20,22). The lowest BCUT2D eigenvalue weighted by molar-refractivity contribution is -0.136. The number of aryl methyl sites for hydroxylation is 2. The third kappa shape index (κ3) is 4.32. The topological polar surface area (TPSA) is 141 Å². The van der Waals surface area contributed by atoms with Crippen LogP contribution in [0.25, 0.3) is 10.9 Å². The summed E-state index contributed by atoms with van der Waals surface area (Å²) in [4.78, 5) is 15.3. The van der Waals surface area contributed by atoms with E-state index in [0.29, 0.717) is 0 Å². The van der Waals surface area contributed by atoms with Gasteiger partial charge in [-0.1, -0.05) is 0 Å². The molecule has 1 aromatic heterocycles. The number of aromatic nitrogens is 1. The molecule has 0 saturated heterocycles. The van der Waals surface area contributed by atoms with Crippen LogP contribution < -0.4 is 11.5 Å². The maximum absolute atomic E-state index is 13.4. The summed E-state index contributed by atoms with van der Waals surface area (Å²) in [5, 5.41) is -0.259. The normalized spacial score (nSPS) is 12.3. The number of guanidine groups is 1. The number of alkyl halides is 3. The summed E-state index contributed by atoms with van der Waals surface area (Å²) in [6.45, 7) is 0. The largest absolute Gasteiger partial charge is 0.417 e. The highest BCUT2D eigenvalue weighted by atomic mass is 32.2. The van der Waals surface area contributed by atoms with E-state index in [4.69, 9.17) is 16.0 Å². The number of nitrogens with two attached hydrogens (primary N) is 2. The van der Waals surface area contributed by atoms with Crippen LogP contribution in [0.4, 0.5) is 13.2 Å². The predicted molar refractivity (Wildman–Crippen MR) is 88.2 cm³/mol. The molecule has 0 bridgehead atoms. The molecule has 0 radical (unpaired) electrons. The second-order valence-electron chi connectivity index (χ2n) is 5.54. The minimum absolute atomic E-state index is 0.0319. The molecule has 12 heteroatoms. The van der Waals surface area contributed by atoms with Crippen molar-refractivity contribution in [2.75, 3.05) is 5.75 Å². The van der Waals surface area contributed by atoms with Crippen molar-refractivity contribution in [1.29, 1.82) is 0 Å². The van der Waals surface area contributed by atoms with Gasteiger partial charge in [0.1, 0.15) is 5.69 Å². The number of carbonyl (C=O) groups is 1. The number of benzene rings is 1. The average molecular weight is 392 g/mol. The molecule has 0 aliphatic carbocycles. The second kappa shape index (κ2) is 6.61. The van der Waals surface area contributed by atoms with Gasteiger partial charge in [-0.2, -0.15) is 26.6 Å². The van der Waals surface area contributed by atoms with Crippen LogP contribution in [-0.4, -0.2) is 35.2 Å². The van der Waals surface area contributed by atoms with Gasteiger partial charge in [-0.15, -0.1) is 0 Å². The van der Waals surface area contributed by atoms with Crippen molar-refractivity contribution in [2.24, 2.45) is 23.5 Å². The molecule has 1 heterocycles. The predicted octanol–water partition coefficient (Wildman–Crippen LogP) is 1.04. The van der Waals surface area contributed by atoms with E-state index < -0.39 is 39.5 Å². The Morgan fingerprint density at radius 3 is 2.38 bits per heavy atom. The fourth-order valence-corrected chi connectivity index (χ4v) is 2.99. The smallest absolute Gasteiger partial charge is 0.370 e. The molecule has 26 heavy (non-hydrogen) atoms. The van der Waals surface area contributed by atoms with Crippen LogP contribution in [0, 0.1) is 0 Å². The van der Waals surface area contributed by atoms with E-state index in [-0.39, 0.29) is 28.6 Å². The van der Waals surface area contributed by atoms with Gasteiger partial charge in [-0.25, -0.2) is 0 Å². The monoisotopic (exact) mass is 392 g/mol. The number of fused-ring (bicyclic) bond motifs is 1. The number of amides is 1. The summed E-state index contributed by atoms with van der Waals surface area (Å²) in [5.41, 5.74) is 9.09. The van der Waals surface area contributed by atoms with Crippen molar-refractivity contribution in [3.8, 4) is 0 Å². The lowest BCUT2D eigenvalue weighted by Gasteiger charge is -2.11. The van der Waals surface area contributed by atoms with Crippen molar-refractivity contribution < 1.29 is 30.9 Å². The van der Waals surface area contributed by atoms with Gasteiger partial charge in [0.05, 0.1) is 11.3 Å². The van der Waals surface area contributed by atoms with Gasteiger partial charge in [0.15, 0.2) is 5.96 Å². The molecule has 5 N–H and O–H groups in total. The van der Waals surface area contributed by atoms with E-state index in [1.165, 1.54) is 17.7 Å². The molecule has 1 aromatic carbocycles. The van der Waals surface area contributed by atoms with Crippen molar-refractivity contribution >= 4 is 32.9 Å². The molecule has 1 amide bonds. The third-order valence-electron chi connectivity index (χ3n) is 3.63. The number of aliphatic imine (C=N–C) groups is 1. The van der Waals surface area contributed by atoms with Crippen molar-refractivity contribution in [2.45, 2.75) is 12.6 Å². The van der Waals surface area contributed by atoms with Gasteiger partial charge >= 0.3 is 6.18 Å². The second-order valence-corrected chi connectivity index (χ2v) is 7.11. The Morgan fingerprint density at radius 2 is 1.88 bits per heavy atom. The van der Waals surface area contributed by atoms with Crippen molar-refractivity contribution in [1.82, 2.24) is 4.57 Å². The van der Waals surface area contributed by atoms with Crippen LogP contribution in [0.1, 0.15) is 21.6 Å². The van der Waals surface area contributed by atoms with Crippen molar-refractivity contribution in [3.63, 3.8) is 0 Å². The summed E-state index contributed by atoms with van der Waals surface area (Å²) in [6, 6.07) is 3.10. The Bertz CT molecular complexity index is 1010. The summed E-state index contributed by atoms with van der Waals surface area (Å²) in [5.74, 6) is -2.19. The first kappa shape index (κ1) is 19.7. The molecular formula is C14H15F3N4O4S. The number of hydrogen-bond acceptors (Lipinski definition) is 3. The first-order valence-electron chi connectivity index (χ1n) is 7.08. The maximum atomic E-state index is 13.4. The van der Waals surface area contributed by atoms with Gasteiger partial charge in [0.25, 0.3) is 16.0 Å². The lowest BCUT2D eigenvalue weighted by atomic mass is 10.0. The van der Waals surface area contributed by atoms with Crippen molar-refractivity contribution in [3.05, 3.63) is 35.0 Å². The Balaban J connectivity index is 2.68. The first-order valence-corrected chi connectivity index (χ1v) is 8.69. The molecule has 0 spiro atoms. The van der Waals surface area contributed by atoms with Gasteiger partial charge in [0.2, 0.25) is 0 Å². The van der Waals surface area contributed by atoms with Crippen LogP contribution in [0.2, 0.25) is 0 Å². The molecule has 0 saturated carbocycles. The Morgan fingerprint density at radius 1 is 1.27 bits per heavy atom. The molecule has 142 valence electrons. The molecule has 0 atom stereocenters. The summed E-state index contributed by atoms with van der Waals surface area (Å²) in [6.07, 6.45) is -5.08. The molecule has 0 aliphatic rings. The zero-order valence-electron chi connectivity index (χ0n) is 13.4. The highest BCUT2D eigenvalue weighted by molar-refractivity contribution is 7.85. The molecule has 2 aromatic rings. The summed E-state index contributed by atoms with van der Waals surface area (Å²) >= 11 is 0. The van der Waals surface area contributed by atoms with Gasteiger partial charge < -0.3 is 16.0 Å². The molecule has 2 rings (SSSR count). The number of rotatable bonds is 4. The average Bonchev–Trinajstić information content (AvgIpc) is 2.79. The third-order valence-corrected chi connectivity index (χ3v) is 4.35. The van der Waals surface area contributed by atoms with Crippen LogP contribution in [0.5, 0.6) is 0 Å². The summed E-state index contributed by atoms with van der Waals surface area (Å²) in [7, 11) is -2.99.